The Balaban J connectivity index is 0.000000214. The van der Waals surface area contributed by atoms with Gasteiger partial charge in [-0.25, -0.2) is 0 Å². The van der Waals surface area contributed by atoms with Gasteiger partial charge in [-0.1, -0.05) is 30.3 Å². The van der Waals surface area contributed by atoms with Gasteiger partial charge < -0.3 is 30.5 Å². The van der Waals surface area contributed by atoms with Crippen LogP contribution in [0, 0.1) is 0 Å². The number of hydrogen-bond acceptors (Lipinski definition) is 7. The van der Waals surface area contributed by atoms with Crippen molar-refractivity contribution in [2.24, 2.45) is 0 Å². The molecule has 0 saturated heterocycles. The molecule has 0 unspecified atom stereocenters. The van der Waals surface area contributed by atoms with Gasteiger partial charge in [-0.05, 0) is 72.8 Å². The molecular weight excluding hydrogens is 654 g/mol. The number of pyridine rings is 6. The molecule has 7 nitrogen and oxygen atoms in total. The monoisotopic (exact) mass is 679 g/mol. The first-order chi connectivity index (χ1) is 19.3. The average molecular weight is 680 g/mol. The van der Waals surface area contributed by atoms with Crippen LogP contribution in [0.25, 0.3) is 44.6 Å². The largest absolute Gasteiger partial charge is 2.00 e. The van der Waals surface area contributed by atoms with Crippen LogP contribution in [-0.2, 0) is 19.5 Å². The maximum absolute atomic E-state index is 5.95. The van der Waals surface area contributed by atoms with Crippen molar-refractivity contribution in [3.8, 4) is 22.8 Å². The second-order valence-electron chi connectivity index (χ2n) is 8.30. The molecule has 6 heterocycles. The summed E-state index contributed by atoms with van der Waals surface area (Å²) < 4.78 is 0. The van der Waals surface area contributed by atoms with Crippen LogP contribution in [0.2, 0.25) is 0 Å². The molecule has 2 N–H and O–H groups in total. The van der Waals surface area contributed by atoms with Crippen molar-refractivity contribution in [3.63, 3.8) is 0 Å². The quantitative estimate of drug-likeness (QED) is 0.163. The summed E-state index contributed by atoms with van der Waals surface area (Å²) >= 11 is 0. The predicted octanol–water partition coefficient (Wildman–Crippen LogP) is 0.658. The number of nitrogens with two attached hydrogens (primary N) is 1. The number of nitrogens with zero attached hydrogens (tertiary/aromatic N) is 6. The summed E-state index contributed by atoms with van der Waals surface area (Å²) in [5.41, 5.74) is 12.1. The van der Waals surface area contributed by atoms with Crippen molar-refractivity contribution in [2.75, 3.05) is 5.73 Å². The Hall–Kier alpha value is -4.36. The molecule has 210 valence electrons. The van der Waals surface area contributed by atoms with E-state index in [0.717, 1.165) is 50.3 Å². The number of halogens is 2. The SMILES string of the molecule is Nc1cc2cccnc2c2ncccc12.[Cl-].[Cl-].[Ru+2].c1ccc(-c2ccccn2)nc1.c1ccc(-c2ccccn2)nc1. The number of rotatable bonds is 2. The van der Waals surface area contributed by atoms with E-state index < -0.39 is 0 Å². The summed E-state index contributed by atoms with van der Waals surface area (Å²) in [6.45, 7) is 0. The molecular formula is C32H25Cl2N7Ru. The first-order valence-electron chi connectivity index (χ1n) is 12.3. The van der Waals surface area contributed by atoms with Gasteiger partial charge in [-0.15, -0.1) is 0 Å². The molecule has 0 bridgehead atoms. The van der Waals surface area contributed by atoms with Crippen molar-refractivity contribution in [1.82, 2.24) is 29.9 Å². The fourth-order valence-electron chi connectivity index (χ4n) is 3.86. The molecule has 6 aromatic heterocycles. The van der Waals surface area contributed by atoms with E-state index in [9.17, 15) is 0 Å². The summed E-state index contributed by atoms with van der Waals surface area (Å²) in [4.78, 5) is 25.4. The molecule has 0 saturated carbocycles. The molecule has 10 heteroatoms. The van der Waals surface area contributed by atoms with E-state index >= 15 is 0 Å². The number of fused-ring (bicyclic) bond motifs is 3. The minimum absolute atomic E-state index is 0. The Kier molecular flexibility index (Phi) is 14.1. The van der Waals surface area contributed by atoms with Crippen LogP contribution in [0.4, 0.5) is 5.69 Å². The summed E-state index contributed by atoms with van der Waals surface area (Å²) in [5.74, 6) is 0. The van der Waals surface area contributed by atoms with Gasteiger partial charge in [0.05, 0.1) is 33.8 Å². The van der Waals surface area contributed by atoms with E-state index in [2.05, 4.69) is 29.9 Å². The third-order valence-corrected chi connectivity index (χ3v) is 5.68. The van der Waals surface area contributed by atoms with Gasteiger partial charge in [0.25, 0.3) is 0 Å². The van der Waals surface area contributed by atoms with E-state index in [1.54, 1.807) is 37.2 Å². The summed E-state index contributed by atoms with van der Waals surface area (Å²) in [7, 11) is 0. The van der Waals surface area contributed by atoms with Gasteiger partial charge in [-0.2, -0.15) is 0 Å². The molecule has 7 rings (SSSR count). The summed E-state index contributed by atoms with van der Waals surface area (Å²) in [6.07, 6.45) is 10.6. The molecule has 0 radical (unpaired) electrons. The Morgan fingerprint density at radius 3 is 1.19 bits per heavy atom. The number of aromatic nitrogens is 6. The Bertz CT molecular complexity index is 1610. The molecule has 0 amide bonds. The van der Waals surface area contributed by atoms with Crippen LogP contribution in [0.5, 0.6) is 0 Å². The van der Waals surface area contributed by atoms with Crippen LogP contribution < -0.4 is 30.5 Å². The third kappa shape index (κ3) is 8.82. The van der Waals surface area contributed by atoms with Crippen LogP contribution in [0.15, 0.2) is 140 Å². The van der Waals surface area contributed by atoms with Gasteiger partial charge in [0.1, 0.15) is 0 Å². The normalized spacial score (nSPS) is 9.43. The third-order valence-electron chi connectivity index (χ3n) is 5.68. The number of hydrogen-bond donors (Lipinski definition) is 1. The zero-order chi connectivity index (χ0) is 26.7. The van der Waals surface area contributed by atoms with Crippen LogP contribution in [-0.4, -0.2) is 29.9 Å². The fraction of sp³-hybridized carbons (Fsp3) is 0. The van der Waals surface area contributed by atoms with Crippen LogP contribution >= 0.6 is 0 Å². The predicted molar refractivity (Wildman–Crippen MR) is 156 cm³/mol. The zero-order valence-electron chi connectivity index (χ0n) is 22.1. The summed E-state index contributed by atoms with van der Waals surface area (Å²) in [6, 6.07) is 32.9. The smallest absolute Gasteiger partial charge is 1.00 e. The van der Waals surface area contributed by atoms with Crippen LogP contribution in [0.3, 0.4) is 0 Å². The second kappa shape index (κ2) is 17.5. The molecule has 42 heavy (non-hydrogen) atoms. The fourth-order valence-corrected chi connectivity index (χ4v) is 3.86. The van der Waals surface area contributed by atoms with Crippen molar-refractivity contribution in [2.45, 2.75) is 0 Å². The average Bonchev–Trinajstić information content (AvgIpc) is 3.04. The second-order valence-corrected chi connectivity index (χ2v) is 8.30. The maximum Gasteiger partial charge on any atom is 2.00 e. The minimum atomic E-state index is 0. The molecule has 0 aliphatic heterocycles. The first-order valence-corrected chi connectivity index (χ1v) is 12.3. The van der Waals surface area contributed by atoms with E-state index in [1.807, 2.05) is 103 Å². The number of benzene rings is 1. The zero-order valence-corrected chi connectivity index (χ0v) is 25.4. The molecule has 0 aliphatic rings. The molecule has 0 fully saturated rings. The van der Waals surface area contributed by atoms with Gasteiger partial charge in [0.2, 0.25) is 0 Å². The molecule has 0 spiro atoms. The van der Waals surface area contributed by atoms with Gasteiger partial charge in [-0.3, -0.25) is 29.9 Å². The number of anilines is 1. The van der Waals surface area contributed by atoms with Crippen molar-refractivity contribution in [3.05, 3.63) is 140 Å². The summed E-state index contributed by atoms with van der Waals surface area (Å²) in [5, 5.41) is 1.99. The van der Waals surface area contributed by atoms with E-state index in [0.29, 0.717) is 0 Å². The van der Waals surface area contributed by atoms with Gasteiger partial charge >= 0.3 is 19.5 Å². The van der Waals surface area contributed by atoms with E-state index in [-0.39, 0.29) is 44.3 Å². The molecule has 7 aromatic rings. The standard InChI is InChI=1S/C12H9N3.2C10H8N2.2ClH.Ru/c13-10-7-8-3-1-5-14-11(8)12-9(10)4-2-6-15-12;2*1-3-7-11-9(5-1)10-6-2-4-8-12-10;;;/h1-7H,13H2;2*1-8H;2*1H;/q;;;;;+2/p-2. The first kappa shape index (κ1) is 33.8. The number of nitrogen functional groups attached to an aromatic ring is 1. The Labute approximate surface area is 269 Å². The minimum Gasteiger partial charge on any atom is -1.00 e. The van der Waals surface area contributed by atoms with Crippen molar-refractivity contribution in [1.29, 1.82) is 0 Å². The topological polar surface area (TPSA) is 103 Å². The van der Waals surface area contributed by atoms with Gasteiger partial charge in [0, 0.05) is 53.6 Å². The molecule has 0 aliphatic carbocycles. The van der Waals surface area contributed by atoms with Crippen molar-refractivity contribution >= 4 is 27.5 Å². The molecule has 1 aromatic carbocycles. The Morgan fingerprint density at radius 1 is 0.405 bits per heavy atom. The van der Waals surface area contributed by atoms with E-state index in [4.69, 9.17) is 5.73 Å². The van der Waals surface area contributed by atoms with Crippen LogP contribution in [0.1, 0.15) is 0 Å². The van der Waals surface area contributed by atoms with E-state index in [1.165, 1.54) is 0 Å². The van der Waals surface area contributed by atoms with Gasteiger partial charge in [0.15, 0.2) is 0 Å². The molecule has 0 atom stereocenters. The maximum atomic E-state index is 5.95. The Morgan fingerprint density at radius 2 is 0.786 bits per heavy atom. The van der Waals surface area contributed by atoms with Crippen molar-refractivity contribution < 1.29 is 44.3 Å².